The summed E-state index contributed by atoms with van der Waals surface area (Å²) in [6.07, 6.45) is 1.89. The molecular formula is C13H16BrClFNO. The van der Waals surface area contributed by atoms with E-state index in [1.807, 2.05) is 0 Å². The number of benzene rings is 1. The van der Waals surface area contributed by atoms with Gasteiger partial charge in [-0.05, 0) is 37.0 Å². The van der Waals surface area contributed by atoms with Crippen LogP contribution in [0.15, 0.2) is 18.2 Å². The molecule has 100 valence electrons. The lowest BCUT2D eigenvalue weighted by Gasteiger charge is -2.09. The highest BCUT2D eigenvalue weighted by Gasteiger charge is 2.11. The van der Waals surface area contributed by atoms with E-state index in [9.17, 15) is 9.18 Å². The van der Waals surface area contributed by atoms with Gasteiger partial charge in [-0.1, -0.05) is 34.5 Å². The number of carbonyl (C=O) groups is 1. The Morgan fingerprint density at radius 1 is 1.56 bits per heavy atom. The standard InChI is InChI=1S/C13H16BrClFNO/c1-9(8-14)3-2-6-17-13(18)11-7-10(15)4-5-12(11)16/h4-5,7,9H,2-3,6,8H2,1H3,(H,17,18). The summed E-state index contributed by atoms with van der Waals surface area (Å²) in [5, 5.41) is 4.00. The summed E-state index contributed by atoms with van der Waals surface area (Å²) < 4.78 is 13.4. The lowest BCUT2D eigenvalue weighted by Crippen LogP contribution is -2.25. The second kappa shape index (κ2) is 7.74. The van der Waals surface area contributed by atoms with Gasteiger partial charge in [-0.15, -0.1) is 0 Å². The first-order valence-corrected chi connectivity index (χ1v) is 7.33. The van der Waals surface area contributed by atoms with Crippen molar-refractivity contribution in [3.05, 3.63) is 34.6 Å². The SMILES string of the molecule is CC(CBr)CCCNC(=O)c1cc(Cl)ccc1F. The van der Waals surface area contributed by atoms with Gasteiger partial charge in [0.1, 0.15) is 5.82 Å². The zero-order valence-electron chi connectivity index (χ0n) is 10.2. The predicted octanol–water partition coefficient (Wildman–Crippen LogP) is 4.02. The van der Waals surface area contributed by atoms with Gasteiger partial charge < -0.3 is 5.32 Å². The third-order valence-corrected chi connectivity index (χ3v) is 3.94. The van der Waals surface area contributed by atoms with Gasteiger partial charge in [-0.25, -0.2) is 4.39 Å². The summed E-state index contributed by atoms with van der Waals surface area (Å²) in [5.41, 5.74) is -0.00367. The third-order valence-electron chi connectivity index (χ3n) is 2.60. The van der Waals surface area contributed by atoms with Crippen molar-refractivity contribution in [1.82, 2.24) is 5.32 Å². The van der Waals surface area contributed by atoms with Crippen LogP contribution in [0.25, 0.3) is 0 Å². The van der Waals surface area contributed by atoms with E-state index in [-0.39, 0.29) is 5.56 Å². The van der Waals surface area contributed by atoms with Gasteiger partial charge in [-0.3, -0.25) is 4.79 Å². The van der Waals surface area contributed by atoms with E-state index in [1.165, 1.54) is 18.2 Å². The molecule has 1 amide bonds. The average Bonchev–Trinajstić information content (AvgIpc) is 2.36. The topological polar surface area (TPSA) is 29.1 Å². The van der Waals surface area contributed by atoms with Crippen molar-refractivity contribution < 1.29 is 9.18 Å². The molecule has 1 aromatic carbocycles. The van der Waals surface area contributed by atoms with Gasteiger partial charge >= 0.3 is 0 Å². The highest BCUT2D eigenvalue weighted by molar-refractivity contribution is 9.09. The average molecular weight is 337 g/mol. The molecule has 0 aromatic heterocycles. The van der Waals surface area contributed by atoms with Gasteiger partial charge in [0.15, 0.2) is 0 Å². The molecule has 18 heavy (non-hydrogen) atoms. The number of nitrogens with one attached hydrogen (secondary N) is 1. The summed E-state index contributed by atoms with van der Waals surface area (Å²) in [4.78, 5) is 11.7. The molecular weight excluding hydrogens is 321 g/mol. The van der Waals surface area contributed by atoms with Gasteiger partial charge in [0.2, 0.25) is 0 Å². The molecule has 0 aliphatic carbocycles. The first-order valence-electron chi connectivity index (χ1n) is 5.83. The smallest absolute Gasteiger partial charge is 0.254 e. The quantitative estimate of drug-likeness (QED) is 0.617. The predicted molar refractivity (Wildman–Crippen MR) is 75.9 cm³/mol. The zero-order chi connectivity index (χ0) is 13.5. The summed E-state index contributed by atoms with van der Waals surface area (Å²) in [5.74, 6) is -0.392. The van der Waals surface area contributed by atoms with E-state index in [0.717, 1.165) is 18.2 Å². The van der Waals surface area contributed by atoms with E-state index in [2.05, 4.69) is 28.2 Å². The fraction of sp³-hybridized carbons (Fsp3) is 0.462. The van der Waals surface area contributed by atoms with E-state index in [1.54, 1.807) is 0 Å². The molecule has 1 N–H and O–H groups in total. The monoisotopic (exact) mass is 335 g/mol. The Morgan fingerprint density at radius 2 is 2.28 bits per heavy atom. The molecule has 0 saturated heterocycles. The van der Waals surface area contributed by atoms with Crippen LogP contribution in [0.1, 0.15) is 30.1 Å². The maximum absolute atomic E-state index is 13.4. The molecule has 0 saturated carbocycles. The van der Waals surface area contributed by atoms with Crippen LogP contribution in [0.4, 0.5) is 4.39 Å². The Bertz CT molecular complexity index is 414. The molecule has 0 fully saturated rings. The van der Waals surface area contributed by atoms with Crippen molar-refractivity contribution in [3.63, 3.8) is 0 Å². The maximum Gasteiger partial charge on any atom is 0.254 e. The van der Waals surface area contributed by atoms with Crippen LogP contribution in [0, 0.1) is 11.7 Å². The lowest BCUT2D eigenvalue weighted by atomic mass is 10.1. The number of rotatable bonds is 6. The fourth-order valence-corrected chi connectivity index (χ4v) is 1.99. The number of halogens is 3. The van der Waals surface area contributed by atoms with Crippen molar-refractivity contribution in [2.45, 2.75) is 19.8 Å². The largest absolute Gasteiger partial charge is 0.352 e. The van der Waals surface area contributed by atoms with Gasteiger partial charge in [0.05, 0.1) is 5.56 Å². The first-order chi connectivity index (χ1) is 8.54. The minimum Gasteiger partial charge on any atom is -0.352 e. The Kier molecular flexibility index (Phi) is 6.65. The van der Waals surface area contributed by atoms with Crippen LogP contribution >= 0.6 is 27.5 Å². The number of hydrogen-bond acceptors (Lipinski definition) is 1. The second-order valence-electron chi connectivity index (χ2n) is 4.28. The highest BCUT2D eigenvalue weighted by Crippen LogP contribution is 2.14. The van der Waals surface area contributed by atoms with Crippen LogP contribution in [-0.4, -0.2) is 17.8 Å². The summed E-state index contributed by atoms with van der Waals surface area (Å²) in [6.45, 7) is 2.68. The Hall–Kier alpha value is -0.610. The lowest BCUT2D eigenvalue weighted by molar-refractivity contribution is 0.0948. The van der Waals surface area contributed by atoms with E-state index in [0.29, 0.717) is 17.5 Å². The van der Waals surface area contributed by atoms with Crippen molar-refractivity contribution >= 4 is 33.4 Å². The minimum absolute atomic E-state index is 0.00367. The van der Waals surface area contributed by atoms with E-state index >= 15 is 0 Å². The minimum atomic E-state index is -0.550. The van der Waals surface area contributed by atoms with Gasteiger partial charge in [-0.2, -0.15) is 0 Å². The Morgan fingerprint density at radius 3 is 2.94 bits per heavy atom. The molecule has 2 nitrogen and oxygen atoms in total. The molecule has 0 radical (unpaired) electrons. The van der Waals surface area contributed by atoms with E-state index in [4.69, 9.17) is 11.6 Å². The molecule has 0 aliphatic rings. The van der Waals surface area contributed by atoms with Gasteiger partial charge in [0.25, 0.3) is 5.91 Å². The van der Waals surface area contributed by atoms with Crippen LogP contribution in [0.3, 0.4) is 0 Å². The van der Waals surface area contributed by atoms with Crippen LogP contribution in [-0.2, 0) is 0 Å². The second-order valence-corrected chi connectivity index (χ2v) is 5.37. The molecule has 5 heteroatoms. The molecule has 1 aromatic rings. The molecule has 0 heterocycles. The molecule has 1 rings (SSSR count). The summed E-state index contributed by atoms with van der Waals surface area (Å²) in [6, 6.07) is 3.96. The fourth-order valence-electron chi connectivity index (χ4n) is 1.50. The Balaban J connectivity index is 2.43. The number of alkyl halides is 1. The highest BCUT2D eigenvalue weighted by atomic mass is 79.9. The Labute approximate surface area is 120 Å². The van der Waals surface area contributed by atoms with Crippen molar-refractivity contribution in [3.8, 4) is 0 Å². The number of hydrogen-bond donors (Lipinski definition) is 1. The molecule has 1 atom stereocenters. The van der Waals surface area contributed by atoms with Crippen LogP contribution < -0.4 is 5.32 Å². The summed E-state index contributed by atoms with van der Waals surface area (Å²) >= 11 is 9.13. The van der Waals surface area contributed by atoms with Crippen LogP contribution in [0.5, 0.6) is 0 Å². The number of carbonyl (C=O) groups excluding carboxylic acids is 1. The molecule has 0 aliphatic heterocycles. The van der Waals surface area contributed by atoms with Crippen molar-refractivity contribution in [2.24, 2.45) is 5.92 Å². The van der Waals surface area contributed by atoms with Gasteiger partial charge in [0, 0.05) is 16.9 Å². The number of amides is 1. The van der Waals surface area contributed by atoms with Crippen molar-refractivity contribution in [2.75, 3.05) is 11.9 Å². The molecule has 1 unspecified atom stereocenters. The van der Waals surface area contributed by atoms with Crippen LogP contribution in [0.2, 0.25) is 5.02 Å². The molecule has 0 spiro atoms. The normalized spacial score (nSPS) is 12.2. The maximum atomic E-state index is 13.4. The van der Waals surface area contributed by atoms with Crippen molar-refractivity contribution in [1.29, 1.82) is 0 Å². The molecule has 0 bridgehead atoms. The first kappa shape index (κ1) is 15.4. The third kappa shape index (κ3) is 4.94. The summed E-state index contributed by atoms with van der Waals surface area (Å²) in [7, 11) is 0. The zero-order valence-corrected chi connectivity index (χ0v) is 12.5. The van der Waals surface area contributed by atoms with E-state index < -0.39 is 11.7 Å².